The van der Waals surface area contributed by atoms with Crippen LogP contribution in [-0.4, -0.2) is 44.4 Å². The van der Waals surface area contributed by atoms with Crippen molar-refractivity contribution >= 4 is 27.8 Å². The van der Waals surface area contributed by atoms with E-state index in [9.17, 15) is 14.9 Å². The van der Waals surface area contributed by atoms with Crippen molar-refractivity contribution < 1.29 is 14.5 Å². The van der Waals surface area contributed by atoms with Gasteiger partial charge in [0.15, 0.2) is 0 Å². The molecule has 0 radical (unpaired) electrons. The maximum absolute atomic E-state index is 12.0. The lowest BCUT2D eigenvalue weighted by molar-refractivity contribution is -0.394. The van der Waals surface area contributed by atoms with Crippen molar-refractivity contribution in [2.45, 2.75) is 45.3 Å². The molecule has 9 heteroatoms. The first-order valence-corrected chi connectivity index (χ1v) is 7.83. The Bertz CT molecular complexity index is 573. The van der Waals surface area contributed by atoms with Crippen LogP contribution in [0.5, 0.6) is 0 Å². The topological polar surface area (TPSA) is 90.5 Å². The quantitative estimate of drug-likeness (QED) is 0.585. The Morgan fingerprint density at radius 3 is 2.55 bits per heavy atom. The third kappa shape index (κ3) is 3.76. The summed E-state index contributed by atoms with van der Waals surface area (Å²) >= 11 is 3.14. The first-order chi connectivity index (χ1) is 10.2. The lowest BCUT2D eigenvalue weighted by atomic mass is 10.1. The monoisotopic (exact) mass is 374 g/mol. The van der Waals surface area contributed by atoms with Crippen molar-refractivity contribution in [3.05, 3.63) is 20.8 Å². The second-order valence-electron chi connectivity index (χ2n) is 6.22. The van der Waals surface area contributed by atoms with Crippen LogP contribution in [0.1, 0.15) is 39.7 Å². The molecule has 0 spiro atoms. The van der Waals surface area contributed by atoms with Crippen molar-refractivity contribution in [2.24, 2.45) is 0 Å². The number of halogens is 1. The highest BCUT2D eigenvalue weighted by Gasteiger charge is 2.33. The number of likely N-dealkylation sites (tertiary alicyclic amines) is 1. The third-order valence-corrected chi connectivity index (χ3v) is 3.92. The number of carbonyl (C=O) groups is 1. The van der Waals surface area contributed by atoms with Crippen LogP contribution < -0.4 is 0 Å². The minimum atomic E-state index is -0.528. The Labute approximate surface area is 136 Å². The van der Waals surface area contributed by atoms with Crippen LogP contribution in [0.2, 0.25) is 0 Å². The van der Waals surface area contributed by atoms with Gasteiger partial charge in [-0.25, -0.2) is 4.79 Å². The molecule has 1 saturated heterocycles. The Hall–Kier alpha value is -1.64. The van der Waals surface area contributed by atoms with Crippen LogP contribution in [0.3, 0.4) is 0 Å². The molecule has 122 valence electrons. The standard InChI is InChI=1S/C13H19BrN4O4/c1-13(2,3)22-12(19)16-6-4-9(5-7-16)17-11(18(20)21)10(14)8-15-17/h8-9H,4-7H2,1-3H3. The number of piperidine rings is 1. The lowest BCUT2D eigenvalue weighted by Crippen LogP contribution is -2.42. The Kier molecular flexibility index (Phi) is 4.74. The number of aromatic nitrogens is 2. The molecule has 2 rings (SSSR count). The van der Waals surface area contributed by atoms with Gasteiger partial charge in [0.1, 0.15) is 16.1 Å². The maximum atomic E-state index is 12.0. The van der Waals surface area contributed by atoms with Crippen LogP contribution in [0, 0.1) is 10.1 Å². The summed E-state index contributed by atoms with van der Waals surface area (Å²) in [5.41, 5.74) is -0.528. The molecule has 0 bridgehead atoms. The highest BCUT2D eigenvalue weighted by Crippen LogP contribution is 2.31. The molecule has 2 heterocycles. The summed E-state index contributed by atoms with van der Waals surface area (Å²) in [4.78, 5) is 24.3. The summed E-state index contributed by atoms with van der Waals surface area (Å²) in [5.74, 6) is -0.0456. The molecule has 22 heavy (non-hydrogen) atoms. The minimum Gasteiger partial charge on any atom is -0.444 e. The van der Waals surface area contributed by atoms with E-state index < -0.39 is 10.5 Å². The SMILES string of the molecule is CC(C)(C)OC(=O)N1CCC(n2ncc(Br)c2[N+](=O)[O-])CC1. The van der Waals surface area contributed by atoms with Gasteiger partial charge in [-0.05, 0) is 41.6 Å². The van der Waals surface area contributed by atoms with E-state index in [1.165, 1.54) is 10.9 Å². The van der Waals surface area contributed by atoms with E-state index in [1.807, 2.05) is 20.8 Å². The second-order valence-corrected chi connectivity index (χ2v) is 7.07. The fraction of sp³-hybridized carbons (Fsp3) is 0.692. The van der Waals surface area contributed by atoms with Crippen LogP contribution in [0.4, 0.5) is 10.6 Å². The van der Waals surface area contributed by atoms with E-state index in [0.717, 1.165) is 0 Å². The average Bonchev–Trinajstić information content (AvgIpc) is 2.79. The molecule has 8 nitrogen and oxygen atoms in total. The molecule has 1 fully saturated rings. The minimum absolute atomic E-state index is 0.0456. The largest absolute Gasteiger partial charge is 0.444 e. The van der Waals surface area contributed by atoms with Crippen molar-refractivity contribution in [3.63, 3.8) is 0 Å². The molecule has 1 aliphatic heterocycles. The molecular weight excluding hydrogens is 356 g/mol. The maximum Gasteiger partial charge on any atom is 0.410 e. The first-order valence-electron chi connectivity index (χ1n) is 7.04. The van der Waals surface area contributed by atoms with Gasteiger partial charge in [0, 0.05) is 25.9 Å². The number of carbonyl (C=O) groups excluding carboxylic acids is 1. The zero-order valence-electron chi connectivity index (χ0n) is 12.8. The van der Waals surface area contributed by atoms with E-state index in [-0.39, 0.29) is 18.0 Å². The van der Waals surface area contributed by atoms with Gasteiger partial charge in [-0.15, -0.1) is 4.68 Å². The lowest BCUT2D eigenvalue weighted by Gasteiger charge is -2.32. The zero-order valence-corrected chi connectivity index (χ0v) is 14.4. The number of ether oxygens (including phenoxy) is 1. The van der Waals surface area contributed by atoms with E-state index in [4.69, 9.17) is 4.74 Å². The number of hydrogen-bond donors (Lipinski definition) is 0. The summed E-state index contributed by atoms with van der Waals surface area (Å²) in [7, 11) is 0. The summed E-state index contributed by atoms with van der Waals surface area (Å²) in [6, 6.07) is -0.0922. The summed E-state index contributed by atoms with van der Waals surface area (Å²) < 4.78 is 7.13. The van der Waals surface area contributed by atoms with E-state index in [0.29, 0.717) is 30.4 Å². The number of nitro groups is 1. The van der Waals surface area contributed by atoms with E-state index in [2.05, 4.69) is 21.0 Å². The molecule has 0 atom stereocenters. The summed E-state index contributed by atoms with van der Waals surface area (Å²) in [5, 5.41) is 15.2. The number of rotatable bonds is 2. The predicted molar refractivity (Wildman–Crippen MR) is 82.7 cm³/mol. The highest BCUT2D eigenvalue weighted by molar-refractivity contribution is 9.10. The van der Waals surface area contributed by atoms with Crippen LogP contribution in [-0.2, 0) is 4.74 Å². The molecular formula is C13H19BrN4O4. The van der Waals surface area contributed by atoms with Gasteiger partial charge in [0.2, 0.25) is 0 Å². The van der Waals surface area contributed by atoms with Gasteiger partial charge in [-0.1, -0.05) is 5.10 Å². The fourth-order valence-corrected chi connectivity index (χ4v) is 2.81. The van der Waals surface area contributed by atoms with Crippen LogP contribution in [0.25, 0.3) is 0 Å². The van der Waals surface area contributed by atoms with Crippen molar-refractivity contribution in [3.8, 4) is 0 Å². The number of nitrogens with zero attached hydrogens (tertiary/aromatic N) is 4. The van der Waals surface area contributed by atoms with E-state index >= 15 is 0 Å². The highest BCUT2D eigenvalue weighted by atomic mass is 79.9. The number of amides is 1. The second kappa shape index (κ2) is 6.23. The normalized spacial score (nSPS) is 16.6. The van der Waals surface area contributed by atoms with Gasteiger partial charge < -0.3 is 19.8 Å². The van der Waals surface area contributed by atoms with Crippen molar-refractivity contribution in [1.29, 1.82) is 0 Å². The molecule has 0 N–H and O–H groups in total. The Balaban J connectivity index is 2.01. The van der Waals surface area contributed by atoms with Crippen molar-refractivity contribution in [2.75, 3.05) is 13.1 Å². The fourth-order valence-electron chi connectivity index (χ4n) is 2.39. The predicted octanol–water partition coefficient (Wildman–Crippen LogP) is 3.13. The Morgan fingerprint density at radius 2 is 2.05 bits per heavy atom. The molecule has 0 unspecified atom stereocenters. The van der Waals surface area contributed by atoms with Crippen molar-refractivity contribution in [1.82, 2.24) is 14.7 Å². The molecule has 0 aromatic carbocycles. The molecule has 0 aliphatic carbocycles. The molecule has 1 aromatic rings. The van der Waals surface area contributed by atoms with Crippen LogP contribution >= 0.6 is 15.9 Å². The molecule has 1 aliphatic rings. The number of hydrogen-bond acceptors (Lipinski definition) is 5. The Morgan fingerprint density at radius 1 is 1.45 bits per heavy atom. The van der Waals surface area contributed by atoms with Gasteiger partial charge >= 0.3 is 11.9 Å². The zero-order chi connectivity index (χ0) is 16.5. The van der Waals surface area contributed by atoms with Crippen LogP contribution in [0.15, 0.2) is 10.7 Å². The third-order valence-electron chi connectivity index (χ3n) is 3.36. The average molecular weight is 375 g/mol. The smallest absolute Gasteiger partial charge is 0.410 e. The van der Waals surface area contributed by atoms with Gasteiger partial charge in [0.05, 0.1) is 6.20 Å². The van der Waals surface area contributed by atoms with E-state index in [1.54, 1.807) is 4.90 Å². The van der Waals surface area contributed by atoms with Gasteiger partial charge in [-0.2, -0.15) is 0 Å². The molecule has 0 saturated carbocycles. The molecule has 1 amide bonds. The summed E-state index contributed by atoms with van der Waals surface area (Å²) in [6.45, 7) is 6.45. The van der Waals surface area contributed by atoms with Gasteiger partial charge in [0.25, 0.3) is 0 Å². The summed E-state index contributed by atoms with van der Waals surface area (Å²) in [6.07, 6.45) is 2.29. The first kappa shape index (κ1) is 16.7. The van der Waals surface area contributed by atoms with Gasteiger partial charge in [-0.3, -0.25) is 0 Å². The molecule has 1 aromatic heterocycles.